The summed E-state index contributed by atoms with van der Waals surface area (Å²) in [6.45, 7) is 0.526. The van der Waals surface area contributed by atoms with E-state index in [0.29, 0.717) is 17.5 Å². The molecule has 2 aromatic carbocycles. The Hall–Kier alpha value is -1.55. The Balaban J connectivity index is 2.32. The number of benzene rings is 2. The van der Waals surface area contributed by atoms with Gasteiger partial charge in [0.15, 0.2) is 0 Å². The lowest BCUT2D eigenvalue weighted by Gasteiger charge is -2.13. The fraction of sp³-hybridized carbons (Fsp3) is 0.188. The zero-order valence-electron chi connectivity index (χ0n) is 11.5. The number of fused-ring (bicyclic) bond motifs is 1. The number of hydrogen-bond donors (Lipinski definition) is 0. The van der Waals surface area contributed by atoms with Crippen molar-refractivity contribution in [3.63, 3.8) is 0 Å². The van der Waals surface area contributed by atoms with Gasteiger partial charge < -0.3 is 4.74 Å². The molecule has 108 valence electrons. The van der Waals surface area contributed by atoms with Gasteiger partial charge in [0.1, 0.15) is 11.3 Å². The minimum absolute atomic E-state index is 0.312. The highest BCUT2D eigenvalue weighted by Gasteiger charge is 2.15. The van der Waals surface area contributed by atoms with Crippen molar-refractivity contribution in [2.24, 2.45) is 0 Å². The van der Waals surface area contributed by atoms with Gasteiger partial charge >= 0.3 is 0 Å². The first kappa shape index (κ1) is 14.4. The molecule has 0 aliphatic rings. The first-order valence-corrected chi connectivity index (χ1v) is 7.46. The zero-order valence-corrected chi connectivity index (χ0v) is 13.0. The highest BCUT2D eigenvalue weighted by atomic mass is 35.5. The third kappa shape index (κ3) is 2.53. The van der Waals surface area contributed by atoms with Gasteiger partial charge in [-0.15, -0.1) is 11.6 Å². The lowest BCUT2D eigenvalue weighted by molar-refractivity contribution is 0.185. The predicted molar refractivity (Wildman–Crippen MR) is 86.4 cm³/mol. The summed E-state index contributed by atoms with van der Waals surface area (Å²) in [5, 5.41) is 0.627. The zero-order chi connectivity index (χ0) is 14.8. The Morgan fingerprint density at radius 3 is 2.71 bits per heavy atom. The summed E-state index contributed by atoms with van der Waals surface area (Å²) >= 11 is 12.3. The highest BCUT2D eigenvalue weighted by Crippen LogP contribution is 2.29. The third-order valence-electron chi connectivity index (χ3n) is 3.36. The molecule has 0 bridgehead atoms. The van der Waals surface area contributed by atoms with Crippen LogP contribution in [0.1, 0.15) is 11.4 Å². The maximum atomic E-state index is 6.24. The van der Waals surface area contributed by atoms with Gasteiger partial charge in [-0.2, -0.15) is 0 Å². The maximum Gasteiger partial charge on any atom is 0.129 e. The van der Waals surface area contributed by atoms with E-state index in [1.54, 1.807) is 7.11 Å². The Bertz CT molecular complexity index is 783. The van der Waals surface area contributed by atoms with Crippen LogP contribution in [0, 0.1) is 0 Å². The Labute approximate surface area is 133 Å². The van der Waals surface area contributed by atoms with Crippen LogP contribution in [0.25, 0.3) is 16.7 Å². The molecule has 0 N–H and O–H groups in total. The van der Waals surface area contributed by atoms with Gasteiger partial charge in [0, 0.05) is 12.7 Å². The predicted octanol–water partition coefficient (Wildman–Crippen LogP) is 4.56. The number of alkyl halides is 1. The average Bonchev–Trinajstić information content (AvgIpc) is 2.88. The average molecular weight is 321 g/mol. The molecule has 0 amide bonds. The summed E-state index contributed by atoms with van der Waals surface area (Å²) in [5.74, 6) is 1.08. The van der Waals surface area contributed by atoms with Crippen LogP contribution in [-0.4, -0.2) is 16.7 Å². The molecule has 1 aromatic heterocycles. The van der Waals surface area contributed by atoms with Gasteiger partial charge in [-0.3, -0.25) is 4.57 Å². The van der Waals surface area contributed by atoms with Crippen molar-refractivity contribution in [2.75, 3.05) is 7.11 Å². The lowest BCUT2D eigenvalue weighted by atomic mass is 10.1. The van der Waals surface area contributed by atoms with Gasteiger partial charge in [-0.1, -0.05) is 35.9 Å². The molecule has 0 saturated carbocycles. The second-order valence-electron chi connectivity index (χ2n) is 4.67. The summed E-state index contributed by atoms with van der Waals surface area (Å²) in [6, 6.07) is 13.8. The number of methoxy groups -OCH3 is 1. The van der Waals surface area contributed by atoms with Gasteiger partial charge in [0.25, 0.3) is 0 Å². The van der Waals surface area contributed by atoms with Crippen LogP contribution in [-0.2, 0) is 17.2 Å². The van der Waals surface area contributed by atoms with Crippen molar-refractivity contribution < 1.29 is 4.74 Å². The van der Waals surface area contributed by atoms with E-state index in [4.69, 9.17) is 27.9 Å². The number of ether oxygens (including phenoxy) is 1. The van der Waals surface area contributed by atoms with Crippen LogP contribution in [0.5, 0.6) is 0 Å². The largest absolute Gasteiger partial charge is 0.380 e. The number of halogens is 2. The number of hydrogen-bond acceptors (Lipinski definition) is 2. The maximum absolute atomic E-state index is 6.24. The summed E-state index contributed by atoms with van der Waals surface area (Å²) in [5.41, 5.74) is 3.80. The third-order valence-corrected chi connectivity index (χ3v) is 3.90. The second-order valence-corrected chi connectivity index (χ2v) is 5.34. The van der Waals surface area contributed by atoms with E-state index >= 15 is 0 Å². The van der Waals surface area contributed by atoms with Crippen molar-refractivity contribution in [3.05, 3.63) is 58.9 Å². The molecule has 0 unspecified atom stereocenters. The number of para-hydroxylation sites is 2. The van der Waals surface area contributed by atoms with Crippen molar-refractivity contribution in [3.8, 4) is 5.69 Å². The number of rotatable bonds is 4. The highest BCUT2D eigenvalue weighted by molar-refractivity contribution is 6.35. The molecule has 3 rings (SSSR count). The quantitative estimate of drug-likeness (QED) is 0.659. The molecular formula is C16H14Cl2N2O. The molecule has 0 saturated heterocycles. The molecule has 0 radical (unpaired) electrons. The van der Waals surface area contributed by atoms with E-state index in [2.05, 4.69) is 4.98 Å². The van der Waals surface area contributed by atoms with Gasteiger partial charge in [-0.25, -0.2) is 4.98 Å². The molecule has 21 heavy (non-hydrogen) atoms. The molecule has 0 atom stereocenters. The molecule has 0 spiro atoms. The summed E-state index contributed by atoms with van der Waals surface area (Å²) in [4.78, 5) is 4.57. The monoisotopic (exact) mass is 320 g/mol. The van der Waals surface area contributed by atoms with E-state index in [1.807, 2.05) is 47.0 Å². The molecule has 3 aromatic rings. The first-order valence-electron chi connectivity index (χ1n) is 6.55. The SMILES string of the molecule is COCc1ccccc1-n1c(CCl)nc2c(Cl)cccc21. The van der Waals surface area contributed by atoms with E-state index in [-0.39, 0.29) is 0 Å². The molecule has 1 heterocycles. The summed E-state index contributed by atoms with van der Waals surface area (Å²) in [7, 11) is 1.68. The molecular weight excluding hydrogens is 307 g/mol. The smallest absolute Gasteiger partial charge is 0.129 e. The minimum Gasteiger partial charge on any atom is -0.380 e. The van der Waals surface area contributed by atoms with Crippen molar-refractivity contribution in [1.82, 2.24) is 9.55 Å². The molecule has 0 aliphatic carbocycles. The fourth-order valence-corrected chi connectivity index (χ4v) is 2.87. The number of nitrogens with zero attached hydrogens (tertiary/aromatic N) is 2. The summed E-state index contributed by atoms with van der Waals surface area (Å²) < 4.78 is 7.33. The second kappa shape index (κ2) is 6.06. The van der Waals surface area contributed by atoms with Crippen molar-refractivity contribution in [1.29, 1.82) is 0 Å². The first-order chi connectivity index (χ1) is 10.3. The molecule has 0 fully saturated rings. The standard InChI is InChI=1S/C16H14Cl2N2O/c1-21-10-11-5-2-3-7-13(11)20-14-8-4-6-12(18)16(14)19-15(20)9-17/h2-8H,9-10H2,1H3. The van der Waals surface area contributed by atoms with E-state index in [1.165, 1.54) is 0 Å². The van der Waals surface area contributed by atoms with Crippen LogP contribution < -0.4 is 0 Å². The Morgan fingerprint density at radius 1 is 1.14 bits per heavy atom. The van der Waals surface area contributed by atoms with Gasteiger partial charge in [-0.05, 0) is 18.2 Å². The Kier molecular flexibility index (Phi) is 4.15. The van der Waals surface area contributed by atoms with E-state index in [9.17, 15) is 0 Å². The lowest BCUT2D eigenvalue weighted by Crippen LogP contribution is -2.04. The van der Waals surface area contributed by atoms with Crippen LogP contribution >= 0.6 is 23.2 Å². The van der Waals surface area contributed by atoms with Crippen molar-refractivity contribution in [2.45, 2.75) is 12.5 Å². The minimum atomic E-state index is 0.312. The number of imidazole rings is 1. The van der Waals surface area contributed by atoms with Crippen LogP contribution in [0.3, 0.4) is 0 Å². The molecule has 3 nitrogen and oxygen atoms in total. The molecule has 5 heteroatoms. The van der Waals surface area contributed by atoms with Gasteiger partial charge in [0.2, 0.25) is 0 Å². The van der Waals surface area contributed by atoms with Crippen LogP contribution in [0.4, 0.5) is 0 Å². The summed E-state index contributed by atoms with van der Waals surface area (Å²) in [6.07, 6.45) is 0. The van der Waals surface area contributed by atoms with E-state index < -0.39 is 0 Å². The number of aromatic nitrogens is 2. The normalized spacial score (nSPS) is 11.2. The van der Waals surface area contributed by atoms with Crippen molar-refractivity contribution >= 4 is 34.2 Å². The van der Waals surface area contributed by atoms with Crippen LogP contribution in [0.2, 0.25) is 5.02 Å². The van der Waals surface area contributed by atoms with Crippen LogP contribution in [0.15, 0.2) is 42.5 Å². The Morgan fingerprint density at radius 2 is 1.95 bits per heavy atom. The van der Waals surface area contributed by atoms with Gasteiger partial charge in [0.05, 0.1) is 28.7 Å². The van der Waals surface area contributed by atoms with E-state index in [0.717, 1.165) is 28.1 Å². The fourth-order valence-electron chi connectivity index (χ4n) is 2.48. The molecule has 0 aliphatic heterocycles. The topological polar surface area (TPSA) is 27.1 Å².